The van der Waals surface area contributed by atoms with Gasteiger partial charge in [0.1, 0.15) is 0 Å². The molecule has 6 heteroatoms. The topological polar surface area (TPSA) is 45.7 Å². The lowest BCUT2D eigenvalue weighted by molar-refractivity contribution is -0.139. The van der Waals surface area contributed by atoms with Gasteiger partial charge in [0.2, 0.25) is 0 Å². The van der Waals surface area contributed by atoms with Crippen LogP contribution in [0.3, 0.4) is 0 Å². The van der Waals surface area contributed by atoms with Crippen molar-refractivity contribution in [1.29, 1.82) is 0 Å². The Bertz CT molecular complexity index is 425. The molecule has 1 aromatic heterocycles. The van der Waals surface area contributed by atoms with E-state index in [-0.39, 0.29) is 12.4 Å². The van der Waals surface area contributed by atoms with E-state index in [1.807, 2.05) is 5.38 Å². The van der Waals surface area contributed by atoms with E-state index >= 15 is 0 Å². The van der Waals surface area contributed by atoms with Crippen LogP contribution in [0.5, 0.6) is 0 Å². The highest BCUT2D eigenvalue weighted by atomic mass is 32.1. The minimum atomic E-state index is -0.233. The SMILES string of the molecule is COC(=O)Cc1csc(N2CCC(N(C)C)CC2)n1. The van der Waals surface area contributed by atoms with Crippen molar-refractivity contribution < 1.29 is 9.53 Å². The van der Waals surface area contributed by atoms with Gasteiger partial charge in [-0.2, -0.15) is 0 Å². The van der Waals surface area contributed by atoms with Crippen molar-refractivity contribution in [3.63, 3.8) is 0 Å². The molecular weight excluding hydrogens is 262 g/mol. The number of carbonyl (C=O) groups is 1. The van der Waals surface area contributed by atoms with Gasteiger partial charge >= 0.3 is 5.97 Å². The molecule has 1 saturated heterocycles. The summed E-state index contributed by atoms with van der Waals surface area (Å²) >= 11 is 1.61. The van der Waals surface area contributed by atoms with E-state index in [4.69, 9.17) is 0 Å². The summed E-state index contributed by atoms with van der Waals surface area (Å²) in [5.74, 6) is -0.233. The first-order valence-electron chi connectivity index (χ1n) is 6.52. The van der Waals surface area contributed by atoms with Crippen LogP contribution in [-0.2, 0) is 16.0 Å². The molecule has 2 heterocycles. The number of nitrogens with zero attached hydrogens (tertiary/aromatic N) is 3. The fourth-order valence-corrected chi connectivity index (χ4v) is 3.20. The Morgan fingerprint density at radius 2 is 2.21 bits per heavy atom. The Morgan fingerprint density at radius 1 is 1.53 bits per heavy atom. The quantitative estimate of drug-likeness (QED) is 0.781. The van der Waals surface area contributed by atoms with Gasteiger partial charge in [0, 0.05) is 24.5 Å². The zero-order chi connectivity index (χ0) is 13.8. The summed E-state index contributed by atoms with van der Waals surface area (Å²) in [5.41, 5.74) is 0.807. The molecule has 0 unspecified atom stereocenters. The molecule has 0 spiro atoms. The van der Waals surface area contributed by atoms with Crippen LogP contribution in [0.1, 0.15) is 18.5 Å². The van der Waals surface area contributed by atoms with Crippen LogP contribution >= 0.6 is 11.3 Å². The van der Waals surface area contributed by atoms with Gasteiger partial charge in [-0.15, -0.1) is 11.3 Å². The number of ether oxygens (including phenoxy) is 1. The summed E-state index contributed by atoms with van der Waals surface area (Å²) < 4.78 is 4.66. The predicted octanol–water partition coefficient (Wildman–Crippen LogP) is 1.39. The lowest BCUT2D eigenvalue weighted by atomic mass is 10.0. The number of esters is 1. The standard InChI is InChI=1S/C13H21N3O2S/c1-15(2)11-4-6-16(7-5-11)13-14-10(9-19-13)8-12(17)18-3/h9,11H,4-8H2,1-3H3. The molecule has 0 N–H and O–H groups in total. The number of anilines is 1. The van der Waals surface area contributed by atoms with E-state index in [0.29, 0.717) is 6.04 Å². The number of aromatic nitrogens is 1. The molecule has 19 heavy (non-hydrogen) atoms. The first kappa shape index (κ1) is 14.3. The van der Waals surface area contributed by atoms with E-state index < -0.39 is 0 Å². The molecule has 0 atom stereocenters. The van der Waals surface area contributed by atoms with Crippen LogP contribution in [0.15, 0.2) is 5.38 Å². The number of hydrogen-bond donors (Lipinski definition) is 0. The number of piperidine rings is 1. The molecule has 0 radical (unpaired) electrons. The largest absolute Gasteiger partial charge is 0.469 e. The number of methoxy groups -OCH3 is 1. The number of carbonyl (C=O) groups excluding carboxylic acids is 1. The molecule has 0 amide bonds. The van der Waals surface area contributed by atoms with Crippen molar-refractivity contribution >= 4 is 22.4 Å². The molecule has 0 aliphatic carbocycles. The highest BCUT2D eigenvalue weighted by Gasteiger charge is 2.22. The number of rotatable bonds is 4. The van der Waals surface area contributed by atoms with Crippen LogP contribution in [0.2, 0.25) is 0 Å². The summed E-state index contributed by atoms with van der Waals surface area (Å²) in [6.45, 7) is 2.07. The lowest BCUT2D eigenvalue weighted by Crippen LogP contribution is -2.41. The van der Waals surface area contributed by atoms with Crippen molar-refractivity contribution in [1.82, 2.24) is 9.88 Å². The molecule has 0 saturated carbocycles. The number of thiazole rings is 1. The third kappa shape index (κ3) is 3.67. The van der Waals surface area contributed by atoms with E-state index in [9.17, 15) is 4.79 Å². The summed E-state index contributed by atoms with van der Waals surface area (Å²) in [7, 11) is 5.68. The highest BCUT2D eigenvalue weighted by Crippen LogP contribution is 2.25. The average molecular weight is 283 g/mol. The van der Waals surface area contributed by atoms with Gasteiger partial charge in [-0.1, -0.05) is 0 Å². The van der Waals surface area contributed by atoms with Crippen LogP contribution in [-0.4, -0.2) is 56.2 Å². The van der Waals surface area contributed by atoms with Gasteiger partial charge < -0.3 is 14.5 Å². The Labute approximate surface area is 118 Å². The van der Waals surface area contributed by atoms with Gasteiger partial charge in [-0.05, 0) is 26.9 Å². The van der Waals surface area contributed by atoms with E-state index in [2.05, 4.69) is 33.6 Å². The molecular formula is C13H21N3O2S. The fourth-order valence-electron chi connectivity index (χ4n) is 2.32. The maximum atomic E-state index is 11.2. The fraction of sp³-hybridized carbons (Fsp3) is 0.692. The van der Waals surface area contributed by atoms with Crippen molar-refractivity contribution in [2.75, 3.05) is 39.2 Å². The minimum absolute atomic E-state index is 0.233. The lowest BCUT2D eigenvalue weighted by Gasteiger charge is -2.35. The van der Waals surface area contributed by atoms with E-state index in [1.165, 1.54) is 20.0 Å². The summed E-state index contributed by atoms with van der Waals surface area (Å²) in [6, 6.07) is 0.672. The maximum absolute atomic E-state index is 11.2. The number of hydrogen-bond acceptors (Lipinski definition) is 6. The monoisotopic (exact) mass is 283 g/mol. The van der Waals surface area contributed by atoms with Crippen molar-refractivity contribution in [3.8, 4) is 0 Å². The smallest absolute Gasteiger partial charge is 0.311 e. The third-order valence-electron chi connectivity index (χ3n) is 3.56. The van der Waals surface area contributed by atoms with Crippen LogP contribution in [0.4, 0.5) is 5.13 Å². The Morgan fingerprint density at radius 3 is 2.79 bits per heavy atom. The summed E-state index contributed by atoms with van der Waals surface area (Å²) in [4.78, 5) is 20.3. The summed E-state index contributed by atoms with van der Waals surface area (Å²) in [5, 5.41) is 2.97. The Balaban J connectivity index is 1.91. The van der Waals surface area contributed by atoms with Crippen LogP contribution < -0.4 is 4.90 Å². The van der Waals surface area contributed by atoms with Crippen LogP contribution in [0, 0.1) is 0 Å². The molecule has 106 valence electrons. The van der Waals surface area contributed by atoms with Gasteiger partial charge in [-0.3, -0.25) is 4.79 Å². The van der Waals surface area contributed by atoms with Gasteiger partial charge in [0.15, 0.2) is 5.13 Å². The molecule has 1 aliphatic rings. The predicted molar refractivity (Wildman–Crippen MR) is 76.8 cm³/mol. The Kier molecular flexibility index (Phi) is 4.76. The first-order chi connectivity index (χ1) is 9.10. The zero-order valence-corrected chi connectivity index (χ0v) is 12.6. The normalized spacial score (nSPS) is 16.9. The van der Waals surface area contributed by atoms with E-state index in [0.717, 1.165) is 23.9 Å². The molecule has 1 aliphatic heterocycles. The van der Waals surface area contributed by atoms with Gasteiger partial charge in [-0.25, -0.2) is 4.98 Å². The first-order valence-corrected chi connectivity index (χ1v) is 7.40. The molecule has 1 fully saturated rings. The molecule has 5 nitrogen and oxygen atoms in total. The second-order valence-corrected chi connectivity index (χ2v) is 5.89. The maximum Gasteiger partial charge on any atom is 0.311 e. The van der Waals surface area contributed by atoms with Crippen molar-refractivity contribution in [2.24, 2.45) is 0 Å². The van der Waals surface area contributed by atoms with Crippen LogP contribution in [0.25, 0.3) is 0 Å². The van der Waals surface area contributed by atoms with E-state index in [1.54, 1.807) is 11.3 Å². The van der Waals surface area contributed by atoms with Gasteiger partial charge in [0.25, 0.3) is 0 Å². The highest BCUT2D eigenvalue weighted by molar-refractivity contribution is 7.13. The minimum Gasteiger partial charge on any atom is -0.469 e. The second-order valence-electron chi connectivity index (χ2n) is 5.06. The van der Waals surface area contributed by atoms with Gasteiger partial charge in [0.05, 0.1) is 19.2 Å². The second kappa shape index (κ2) is 6.34. The summed E-state index contributed by atoms with van der Waals surface area (Å²) in [6.07, 6.45) is 2.60. The molecule has 0 bridgehead atoms. The third-order valence-corrected chi connectivity index (χ3v) is 4.51. The average Bonchev–Trinajstić information content (AvgIpc) is 2.87. The van der Waals surface area contributed by atoms with Crippen molar-refractivity contribution in [2.45, 2.75) is 25.3 Å². The Hall–Kier alpha value is -1.14. The zero-order valence-electron chi connectivity index (χ0n) is 11.8. The van der Waals surface area contributed by atoms with Crippen molar-refractivity contribution in [3.05, 3.63) is 11.1 Å². The molecule has 1 aromatic rings. The molecule has 0 aromatic carbocycles. The molecule has 2 rings (SSSR count).